The second-order valence-electron chi connectivity index (χ2n) is 2.57. The van der Waals surface area contributed by atoms with Crippen LogP contribution in [0.3, 0.4) is 0 Å². The van der Waals surface area contributed by atoms with Crippen molar-refractivity contribution in [3.05, 3.63) is 36.2 Å². The number of hydrogen-bond donors (Lipinski definition) is 0. The molecule has 12 heavy (non-hydrogen) atoms. The fraction of sp³-hybridized carbons (Fsp3) is 0.111. The molecule has 60 valence electrons. The molecule has 0 fully saturated rings. The second-order valence-corrected chi connectivity index (χ2v) is 2.57. The van der Waals surface area contributed by atoms with E-state index < -0.39 is 0 Å². The van der Waals surface area contributed by atoms with Crippen LogP contribution in [0, 0.1) is 0 Å². The summed E-state index contributed by atoms with van der Waals surface area (Å²) in [4.78, 5) is 15.3. The average Bonchev–Trinajstić information content (AvgIpc) is 2.12. The van der Waals surface area contributed by atoms with Crippen molar-refractivity contribution < 1.29 is 9.53 Å². The van der Waals surface area contributed by atoms with Gasteiger partial charge in [0.25, 0.3) is 0 Å². The SMILES string of the molecule is C=C1COc2cccnc2C1=O. The molecule has 2 heterocycles. The summed E-state index contributed by atoms with van der Waals surface area (Å²) >= 11 is 0. The van der Waals surface area contributed by atoms with Crippen LogP contribution < -0.4 is 4.74 Å². The predicted octanol–water partition coefficient (Wildman–Crippen LogP) is 1.21. The third-order valence-electron chi connectivity index (χ3n) is 1.71. The van der Waals surface area contributed by atoms with Crippen LogP contribution in [0.5, 0.6) is 5.75 Å². The van der Waals surface area contributed by atoms with Crippen LogP contribution in [-0.4, -0.2) is 17.4 Å². The van der Waals surface area contributed by atoms with Gasteiger partial charge in [-0.25, -0.2) is 4.98 Å². The third-order valence-corrected chi connectivity index (χ3v) is 1.71. The lowest BCUT2D eigenvalue weighted by Gasteiger charge is -2.15. The summed E-state index contributed by atoms with van der Waals surface area (Å²) in [7, 11) is 0. The molecule has 0 atom stereocenters. The Morgan fingerprint density at radius 2 is 2.42 bits per heavy atom. The lowest BCUT2D eigenvalue weighted by atomic mass is 10.1. The lowest BCUT2D eigenvalue weighted by molar-refractivity contribution is 0.0994. The monoisotopic (exact) mass is 161 g/mol. The molecule has 0 bridgehead atoms. The van der Waals surface area contributed by atoms with Gasteiger partial charge in [-0.1, -0.05) is 6.58 Å². The molecular weight excluding hydrogens is 154 g/mol. The number of hydrogen-bond acceptors (Lipinski definition) is 3. The number of rotatable bonds is 0. The Morgan fingerprint density at radius 3 is 3.25 bits per heavy atom. The highest BCUT2D eigenvalue weighted by molar-refractivity contribution is 6.09. The van der Waals surface area contributed by atoms with Crippen molar-refractivity contribution in [1.82, 2.24) is 4.98 Å². The summed E-state index contributed by atoms with van der Waals surface area (Å²) in [6.45, 7) is 3.85. The minimum absolute atomic E-state index is 0.114. The molecule has 0 aromatic carbocycles. The molecule has 0 radical (unpaired) electrons. The molecule has 0 saturated heterocycles. The highest BCUT2D eigenvalue weighted by Gasteiger charge is 2.22. The summed E-state index contributed by atoms with van der Waals surface area (Å²) < 4.78 is 5.22. The third kappa shape index (κ3) is 0.906. The van der Waals surface area contributed by atoms with Crippen molar-refractivity contribution >= 4 is 5.78 Å². The van der Waals surface area contributed by atoms with Gasteiger partial charge in [-0.3, -0.25) is 4.79 Å². The first-order chi connectivity index (χ1) is 5.79. The van der Waals surface area contributed by atoms with Gasteiger partial charge in [0.05, 0.1) is 0 Å². The van der Waals surface area contributed by atoms with Gasteiger partial charge in [0.15, 0.2) is 5.69 Å². The zero-order valence-corrected chi connectivity index (χ0v) is 6.41. The Morgan fingerprint density at radius 1 is 1.58 bits per heavy atom. The molecule has 1 aliphatic heterocycles. The number of ketones is 1. The first-order valence-electron chi connectivity index (χ1n) is 3.59. The van der Waals surface area contributed by atoms with E-state index in [1.807, 2.05) is 0 Å². The van der Waals surface area contributed by atoms with Gasteiger partial charge >= 0.3 is 0 Å². The smallest absolute Gasteiger partial charge is 0.213 e. The predicted molar refractivity (Wildman–Crippen MR) is 43.2 cm³/mol. The topological polar surface area (TPSA) is 39.2 Å². The number of nitrogens with zero attached hydrogens (tertiary/aromatic N) is 1. The van der Waals surface area contributed by atoms with E-state index in [1.54, 1.807) is 18.3 Å². The number of fused-ring (bicyclic) bond motifs is 1. The van der Waals surface area contributed by atoms with E-state index in [2.05, 4.69) is 11.6 Å². The van der Waals surface area contributed by atoms with Crippen LogP contribution in [0.2, 0.25) is 0 Å². The van der Waals surface area contributed by atoms with Crippen LogP contribution in [0.1, 0.15) is 10.5 Å². The Hall–Kier alpha value is -1.64. The summed E-state index contributed by atoms with van der Waals surface area (Å²) in [5, 5.41) is 0. The Balaban J connectivity index is 2.56. The van der Waals surface area contributed by atoms with Crippen LogP contribution in [-0.2, 0) is 0 Å². The van der Waals surface area contributed by atoms with Crippen molar-refractivity contribution in [2.75, 3.05) is 6.61 Å². The van der Waals surface area contributed by atoms with E-state index in [0.29, 0.717) is 17.0 Å². The van der Waals surface area contributed by atoms with Crippen LogP contribution in [0.4, 0.5) is 0 Å². The average molecular weight is 161 g/mol. The van der Waals surface area contributed by atoms with E-state index in [-0.39, 0.29) is 12.4 Å². The Bertz CT molecular complexity index is 357. The molecule has 1 aromatic rings. The maximum absolute atomic E-state index is 11.4. The van der Waals surface area contributed by atoms with Gasteiger partial charge in [-0.05, 0) is 12.1 Å². The van der Waals surface area contributed by atoms with Crippen molar-refractivity contribution in [1.29, 1.82) is 0 Å². The number of aromatic nitrogens is 1. The maximum atomic E-state index is 11.4. The fourth-order valence-electron chi connectivity index (χ4n) is 1.08. The molecule has 3 nitrogen and oxygen atoms in total. The standard InChI is InChI=1S/C9H7NO2/c1-6-5-12-7-3-2-4-10-8(7)9(6)11/h2-4H,1,5H2. The first-order valence-corrected chi connectivity index (χ1v) is 3.59. The first kappa shape index (κ1) is 7.03. The Labute approximate surface area is 69.7 Å². The van der Waals surface area contributed by atoms with E-state index in [4.69, 9.17) is 4.74 Å². The van der Waals surface area contributed by atoms with Crippen molar-refractivity contribution in [3.8, 4) is 5.75 Å². The van der Waals surface area contributed by atoms with Gasteiger partial charge in [-0.15, -0.1) is 0 Å². The van der Waals surface area contributed by atoms with Crippen molar-refractivity contribution in [3.63, 3.8) is 0 Å². The van der Waals surface area contributed by atoms with Crippen molar-refractivity contribution in [2.24, 2.45) is 0 Å². The summed E-state index contributed by atoms with van der Waals surface area (Å²) in [5.74, 6) is 0.437. The maximum Gasteiger partial charge on any atom is 0.213 e. The molecule has 1 aliphatic rings. The van der Waals surface area contributed by atoms with E-state index >= 15 is 0 Å². The number of Topliss-reactive ketones (excluding diaryl/α,β-unsaturated/α-hetero) is 1. The molecule has 0 unspecified atom stereocenters. The van der Waals surface area contributed by atoms with Gasteiger partial charge in [0, 0.05) is 11.8 Å². The molecule has 0 aliphatic carbocycles. The quantitative estimate of drug-likeness (QED) is 0.537. The minimum atomic E-state index is -0.114. The van der Waals surface area contributed by atoms with Gasteiger partial charge in [0.2, 0.25) is 5.78 Å². The molecular formula is C9H7NO2. The van der Waals surface area contributed by atoms with E-state index in [1.165, 1.54) is 0 Å². The Kier molecular flexibility index (Phi) is 1.43. The highest BCUT2D eigenvalue weighted by Crippen LogP contribution is 2.23. The zero-order chi connectivity index (χ0) is 8.55. The molecule has 0 saturated carbocycles. The lowest BCUT2D eigenvalue weighted by Crippen LogP contribution is -2.19. The summed E-state index contributed by atoms with van der Waals surface area (Å²) in [6, 6.07) is 3.47. The fourth-order valence-corrected chi connectivity index (χ4v) is 1.08. The van der Waals surface area contributed by atoms with E-state index in [9.17, 15) is 4.79 Å². The molecule has 0 spiro atoms. The van der Waals surface area contributed by atoms with Gasteiger partial charge < -0.3 is 4.74 Å². The van der Waals surface area contributed by atoms with Crippen molar-refractivity contribution in [2.45, 2.75) is 0 Å². The molecule has 1 aromatic heterocycles. The normalized spacial score (nSPS) is 15.3. The number of carbonyl (C=O) groups excluding carboxylic acids is 1. The molecule has 0 N–H and O–H groups in total. The zero-order valence-electron chi connectivity index (χ0n) is 6.41. The number of ether oxygens (including phenoxy) is 1. The second kappa shape index (κ2) is 2.44. The molecule has 0 amide bonds. The molecule has 3 heteroatoms. The van der Waals surface area contributed by atoms with Crippen LogP contribution >= 0.6 is 0 Å². The summed E-state index contributed by atoms with van der Waals surface area (Å²) in [6.07, 6.45) is 1.57. The largest absolute Gasteiger partial charge is 0.486 e. The van der Waals surface area contributed by atoms with Crippen LogP contribution in [0.25, 0.3) is 0 Å². The minimum Gasteiger partial charge on any atom is -0.486 e. The van der Waals surface area contributed by atoms with Gasteiger partial charge in [-0.2, -0.15) is 0 Å². The molecule has 2 rings (SSSR count). The van der Waals surface area contributed by atoms with Crippen LogP contribution in [0.15, 0.2) is 30.5 Å². The van der Waals surface area contributed by atoms with Gasteiger partial charge in [0.1, 0.15) is 12.4 Å². The van der Waals surface area contributed by atoms with E-state index in [0.717, 1.165) is 0 Å². The number of pyridine rings is 1. The number of carbonyl (C=O) groups is 1. The highest BCUT2D eigenvalue weighted by atomic mass is 16.5. The summed E-state index contributed by atoms with van der Waals surface area (Å²) in [5.41, 5.74) is 0.829.